The number of aromatic nitrogens is 1. The minimum atomic E-state index is -0.269. The number of ether oxygens (including phenoxy) is 2. The van der Waals surface area contributed by atoms with Gasteiger partial charge in [-0.05, 0) is 117 Å². The van der Waals surface area contributed by atoms with Gasteiger partial charge in [-0.3, -0.25) is 0 Å². The van der Waals surface area contributed by atoms with Crippen LogP contribution in [-0.2, 0) is 5.41 Å². The van der Waals surface area contributed by atoms with E-state index < -0.39 is 0 Å². The van der Waals surface area contributed by atoms with Crippen LogP contribution in [0.1, 0.15) is 25.0 Å². The minimum absolute atomic E-state index is 0.0785. The van der Waals surface area contributed by atoms with Crippen molar-refractivity contribution in [1.82, 2.24) is 4.57 Å². The van der Waals surface area contributed by atoms with E-state index in [1.54, 1.807) is 0 Å². The van der Waals surface area contributed by atoms with Gasteiger partial charge in [0.25, 0.3) is 6.71 Å². The van der Waals surface area contributed by atoms with Crippen LogP contribution in [0.4, 0.5) is 17.1 Å². The van der Waals surface area contributed by atoms with Crippen molar-refractivity contribution in [2.75, 3.05) is 4.90 Å². The van der Waals surface area contributed by atoms with Crippen molar-refractivity contribution in [1.29, 1.82) is 0 Å². The fourth-order valence-electron chi connectivity index (χ4n) is 10.5. The molecule has 3 aliphatic rings. The first-order chi connectivity index (χ1) is 29.5. The van der Waals surface area contributed by atoms with Gasteiger partial charge < -0.3 is 18.9 Å². The monoisotopic (exact) mass is 768 g/mol. The Balaban J connectivity index is 1.02. The van der Waals surface area contributed by atoms with E-state index >= 15 is 0 Å². The molecule has 0 atom stereocenters. The summed E-state index contributed by atoms with van der Waals surface area (Å²) in [5.41, 5.74) is 15.1. The first kappa shape index (κ1) is 33.5. The SMILES string of the molecule is CC1(C)c2cc(N(c3ccccc3)c3ccccc3)ccc2-c2cc3c(cc21)B1c2cc4c5c6ccccc6ccc5n(-c5ccccc5)c4cc2Oc2cccc(c21)O3. The van der Waals surface area contributed by atoms with E-state index in [2.05, 4.69) is 205 Å². The zero-order valence-corrected chi connectivity index (χ0v) is 33.2. The van der Waals surface area contributed by atoms with Crippen molar-refractivity contribution in [2.24, 2.45) is 0 Å². The fraction of sp³-hybridized carbons (Fsp3) is 0.0545. The van der Waals surface area contributed by atoms with Crippen LogP contribution in [0.15, 0.2) is 188 Å². The molecule has 1 aromatic heterocycles. The molecule has 0 N–H and O–H groups in total. The summed E-state index contributed by atoms with van der Waals surface area (Å²) in [6, 6.07) is 67.9. The van der Waals surface area contributed by atoms with Gasteiger partial charge in [0.1, 0.15) is 23.0 Å². The summed E-state index contributed by atoms with van der Waals surface area (Å²) in [6.45, 7) is 4.67. The molecule has 5 heteroatoms. The molecule has 9 aromatic carbocycles. The van der Waals surface area contributed by atoms with Crippen LogP contribution in [-0.4, -0.2) is 11.3 Å². The lowest BCUT2D eigenvalue weighted by atomic mass is 9.34. The van der Waals surface area contributed by atoms with Crippen LogP contribution in [0.2, 0.25) is 0 Å². The summed E-state index contributed by atoms with van der Waals surface area (Å²) >= 11 is 0. The van der Waals surface area contributed by atoms with Gasteiger partial charge in [-0.25, -0.2) is 0 Å². The Labute approximate surface area is 348 Å². The van der Waals surface area contributed by atoms with Crippen LogP contribution in [0.25, 0.3) is 49.4 Å². The highest BCUT2D eigenvalue weighted by Crippen LogP contribution is 2.52. The van der Waals surface area contributed by atoms with E-state index in [0.29, 0.717) is 0 Å². The van der Waals surface area contributed by atoms with E-state index in [9.17, 15) is 0 Å². The lowest BCUT2D eigenvalue weighted by Gasteiger charge is -2.34. The van der Waals surface area contributed by atoms with Crippen LogP contribution in [0.5, 0.6) is 23.0 Å². The van der Waals surface area contributed by atoms with Crippen molar-refractivity contribution < 1.29 is 9.47 Å². The van der Waals surface area contributed by atoms with Gasteiger partial charge >= 0.3 is 0 Å². The predicted molar refractivity (Wildman–Crippen MR) is 248 cm³/mol. The van der Waals surface area contributed by atoms with Crippen molar-refractivity contribution in [3.05, 3.63) is 199 Å². The third-order valence-corrected chi connectivity index (χ3v) is 13.3. The van der Waals surface area contributed by atoms with Crippen molar-refractivity contribution >= 4 is 72.7 Å². The molecule has 0 bridgehead atoms. The molecule has 282 valence electrons. The second kappa shape index (κ2) is 12.3. The first-order valence-electron chi connectivity index (χ1n) is 20.8. The molecular weight excluding hydrogens is 731 g/mol. The Morgan fingerprint density at radius 1 is 0.467 bits per heavy atom. The standard InChI is InChI=1S/C55H37BN2O2/c1-55(2)43-29-38(57(35-16-6-3-7-17-35)36-18-8-4-9-19-36)26-27-40(43)41-31-51-46(32-44(41)55)56-45-30-42-48(33-52(45)60-50-24-14-23-49(59-51)54(50)56)58(37-20-10-5-11-21-37)47-28-25-34-15-12-13-22-39(34)53(42)47/h3-33H,1-2H3. The number of nitrogens with zero attached hydrogens (tertiary/aromatic N) is 2. The maximum absolute atomic E-state index is 6.92. The minimum Gasteiger partial charge on any atom is -0.458 e. The lowest BCUT2D eigenvalue weighted by Crippen LogP contribution is -2.57. The average molecular weight is 769 g/mol. The summed E-state index contributed by atoms with van der Waals surface area (Å²) in [6.07, 6.45) is 0. The molecule has 0 amide bonds. The number of rotatable bonds is 4. The zero-order chi connectivity index (χ0) is 39.7. The molecule has 10 aromatic rings. The van der Waals surface area contributed by atoms with Crippen LogP contribution in [0.3, 0.4) is 0 Å². The van der Waals surface area contributed by atoms with E-state index in [4.69, 9.17) is 9.47 Å². The molecule has 0 radical (unpaired) electrons. The number of hydrogen-bond donors (Lipinski definition) is 0. The Kier molecular flexibility index (Phi) is 6.84. The summed E-state index contributed by atoms with van der Waals surface area (Å²) in [7, 11) is 0. The summed E-state index contributed by atoms with van der Waals surface area (Å²) < 4.78 is 16.2. The molecule has 1 aliphatic carbocycles. The van der Waals surface area contributed by atoms with Crippen LogP contribution < -0.4 is 30.8 Å². The second-order valence-corrected chi connectivity index (χ2v) is 16.9. The molecule has 0 saturated heterocycles. The molecular formula is C55H37BN2O2. The molecule has 2 aliphatic heterocycles. The van der Waals surface area contributed by atoms with Crippen LogP contribution >= 0.6 is 0 Å². The van der Waals surface area contributed by atoms with Crippen molar-refractivity contribution in [3.63, 3.8) is 0 Å². The van der Waals surface area contributed by atoms with E-state index in [1.807, 2.05) is 6.07 Å². The predicted octanol–water partition coefficient (Wildman–Crippen LogP) is 12.4. The number of anilines is 3. The maximum Gasteiger partial charge on any atom is 0.260 e. The first-order valence-corrected chi connectivity index (χ1v) is 20.8. The molecule has 60 heavy (non-hydrogen) atoms. The van der Waals surface area contributed by atoms with Gasteiger partial charge in [-0.2, -0.15) is 0 Å². The van der Waals surface area contributed by atoms with Gasteiger partial charge in [0, 0.05) is 50.5 Å². The van der Waals surface area contributed by atoms with Gasteiger partial charge in [0.2, 0.25) is 0 Å². The molecule has 0 spiro atoms. The normalized spacial score (nSPS) is 13.9. The van der Waals surface area contributed by atoms with Gasteiger partial charge in [0.15, 0.2) is 0 Å². The molecule has 13 rings (SSSR count). The highest BCUT2D eigenvalue weighted by Gasteiger charge is 2.44. The van der Waals surface area contributed by atoms with E-state index in [-0.39, 0.29) is 12.1 Å². The number of fused-ring (bicyclic) bond motifs is 12. The van der Waals surface area contributed by atoms with Gasteiger partial charge in [0.05, 0.1) is 11.0 Å². The smallest absolute Gasteiger partial charge is 0.260 e. The maximum atomic E-state index is 6.92. The molecule has 0 fully saturated rings. The third-order valence-electron chi connectivity index (χ3n) is 13.3. The van der Waals surface area contributed by atoms with Crippen LogP contribution in [0, 0.1) is 0 Å². The fourth-order valence-corrected chi connectivity index (χ4v) is 10.5. The van der Waals surface area contributed by atoms with E-state index in [1.165, 1.54) is 54.8 Å². The molecule has 0 unspecified atom stereocenters. The summed E-state index contributed by atoms with van der Waals surface area (Å²) in [4.78, 5) is 2.35. The molecule has 0 saturated carbocycles. The Bertz CT molecular complexity index is 3370. The second-order valence-electron chi connectivity index (χ2n) is 16.9. The Hall–Kier alpha value is -7.50. The highest BCUT2D eigenvalue weighted by atomic mass is 16.5. The van der Waals surface area contributed by atoms with Gasteiger partial charge in [-0.1, -0.05) is 123 Å². The van der Waals surface area contributed by atoms with Gasteiger partial charge in [-0.15, -0.1) is 0 Å². The Morgan fingerprint density at radius 2 is 1.10 bits per heavy atom. The highest BCUT2D eigenvalue weighted by molar-refractivity contribution is 6.98. The lowest BCUT2D eigenvalue weighted by molar-refractivity contribution is 0.464. The number of para-hydroxylation sites is 3. The number of benzene rings is 9. The zero-order valence-electron chi connectivity index (χ0n) is 33.2. The van der Waals surface area contributed by atoms with Crippen molar-refractivity contribution in [3.8, 4) is 39.8 Å². The Morgan fingerprint density at radius 3 is 1.83 bits per heavy atom. The van der Waals surface area contributed by atoms with E-state index in [0.717, 1.165) is 62.2 Å². The molecule has 4 nitrogen and oxygen atoms in total. The van der Waals surface area contributed by atoms with Crippen molar-refractivity contribution in [2.45, 2.75) is 19.3 Å². The molecule has 3 heterocycles. The third kappa shape index (κ3) is 4.63. The topological polar surface area (TPSA) is 26.6 Å². The number of hydrogen-bond acceptors (Lipinski definition) is 3. The summed E-state index contributed by atoms with van der Waals surface area (Å²) in [5.74, 6) is 3.47. The quantitative estimate of drug-likeness (QED) is 0.167. The largest absolute Gasteiger partial charge is 0.458 e. The summed E-state index contributed by atoms with van der Waals surface area (Å²) in [5, 5.41) is 4.94. The average Bonchev–Trinajstić information content (AvgIpc) is 3.73.